The van der Waals surface area contributed by atoms with Crippen molar-refractivity contribution < 1.29 is 27.5 Å². The molecule has 3 amide bonds. The first kappa shape index (κ1) is 30.7. The molecule has 3 aromatic rings. The number of esters is 1. The number of sulfonamides is 1. The fraction of sp³-hybridized carbons (Fsp3) is 0.333. The number of hydrogen-bond donors (Lipinski definition) is 4. The van der Waals surface area contributed by atoms with Crippen molar-refractivity contribution in [3.8, 4) is 0 Å². The second kappa shape index (κ2) is 15.1. The van der Waals surface area contributed by atoms with Gasteiger partial charge in [-0.1, -0.05) is 55.8 Å². The van der Waals surface area contributed by atoms with Crippen LogP contribution in [-0.2, 0) is 26.1 Å². The maximum Gasteiger partial charge on any atom is 0.321 e. The molecule has 1 aromatic heterocycles. The molecular formula is C27H33N5O6S2. The van der Waals surface area contributed by atoms with E-state index in [0.717, 1.165) is 23.3 Å². The highest BCUT2D eigenvalue weighted by Crippen LogP contribution is 2.22. The SMILES string of the molecule is CCCCS(=O)(=O)NC(CC(=O)OCC)c1ccc(NC(=O)c2csc(NC(=O)NCc3ccccc3)n2)cc1. The Kier molecular flexibility index (Phi) is 11.6. The lowest BCUT2D eigenvalue weighted by atomic mass is 10.0. The third kappa shape index (κ3) is 10.1. The number of anilines is 2. The van der Waals surface area contributed by atoms with Gasteiger partial charge in [0.25, 0.3) is 5.91 Å². The van der Waals surface area contributed by atoms with Crippen molar-refractivity contribution in [1.82, 2.24) is 15.0 Å². The van der Waals surface area contributed by atoms with Crippen LogP contribution in [0.5, 0.6) is 0 Å². The van der Waals surface area contributed by atoms with E-state index in [9.17, 15) is 22.8 Å². The van der Waals surface area contributed by atoms with E-state index in [1.807, 2.05) is 37.3 Å². The quantitative estimate of drug-likeness (QED) is 0.203. The average molecular weight is 588 g/mol. The molecule has 1 atom stereocenters. The van der Waals surface area contributed by atoms with E-state index in [0.29, 0.717) is 24.2 Å². The molecule has 2 aromatic carbocycles. The van der Waals surface area contributed by atoms with E-state index < -0.39 is 34.0 Å². The van der Waals surface area contributed by atoms with Crippen molar-refractivity contribution in [3.63, 3.8) is 0 Å². The lowest BCUT2D eigenvalue weighted by molar-refractivity contribution is -0.143. The number of hydrogen-bond acceptors (Lipinski definition) is 8. The topological polar surface area (TPSA) is 156 Å². The molecule has 214 valence electrons. The van der Waals surface area contributed by atoms with Crippen LogP contribution in [0.15, 0.2) is 60.0 Å². The smallest absolute Gasteiger partial charge is 0.321 e. The predicted octanol–water partition coefficient (Wildman–Crippen LogP) is 4.43. The fourth-order valence-corrected chi connectivity index (χ4v) is 5.70. The van der Waals surface area contributed by atoms with Crippen LogP contribution in [0.4, 0.5) is 15.6 Å². The van der Waals surface area contributed by atoms with E-state index in [-0.39, 0.29) is 29.6 Å². The summed E-state index contributed by atoms with van der Waals surface area (Å²) in [5, 5.41) is 9.85. The molecule has 0 aliphatic heterocycles. The lowest BCUT2D eigenvalue weighted by Gasteiger charge is -2.19. The molecule has 0 saturated heterocycles. The summed E-state index contributed by atoms with van der Waals surface area (Å²) in [5.74, 6) is -1.05. The van der Waals surface area contributed by atoms with E-state index in [4.69, 9.17) is 4.74 Å². The number of aromatic nitrogens is 1. The van der Waals surface area contributed by atoms with Gasteiger partial charge in [-0.15, -0.1) is 11.3 Å². The summed E-state index contributed by atoms with van der Waals surface area (Å²) >= 11 is 1.11. The van der Waals surface area contributed by atoms with Gasteiger partial charge in [-0.05, 0) is 36.6 Å². The second-order valence-corrected chi connectivity index (χ2v) is 11.5. The number of nitrogens with zero attached hydrogens (tertiary/aromatic N) is 1. The number of carbonyl (C=O) groups is 3. The highest BCUT2D eigenvalue weighted by molar-refractivity contribution is 7.89. The number of thiazole rings is 1. The number of nitrogens with one attached hydrogen (secondary N) is 4. The van der Waals surface area contributed by atoms with Gasteiger partial charge in [-0.25, -0.2) is 22.9 Å². The molecule has 0 fully saturated rings. The third-order valence-corrected chi connectivity index (χ3v) is 7.82. The molecule has 0 saturated carbocycles. The van der Waals surface area contributed by atoms with E-state index in [2.05, 4.69) is 25.7 Å². The zero-order valence-electron chi connectivity index (χ0n) is 22.3. The molecule has 4 N–H and O–H groups in total. The summed E-state index contributed by atoms with van der Waals surface area (Å²) in [6.07, 6.45) is 1.05. The van der Waals surface area contributed by atoms with Crippen LogP contribution < -0.4 is 20.7 Å². The summed E-state index contributed by atoms with van der Waals surface area (Å²) in [4.78, 5) is 41.1. The molecule has 0 bridgehead atoms. The molecule has 40 heavy (non-hydrogen) atoms. The van der Waals surface area contributed by atoms with Crippen LogP contribution >= 0.6 is 11.3 Å². The van der Waals surface area contributed by atoms with Gasteiger partial charge in [-0.2, -0.15) is 0 Å². The van der Waals surface area contributed by atoms with Crippen molar-refractivity contribution in [2.75, 3.05) is 23.0 Å². The van der Waals surface area contributed by atoms with Gasteiger partial charge in [0.15, 0.2) is 5.13 Å². The maximum absolute atomic E-state index is 12.7. The summed E-state index contributed by atoms with van der Waals surface area (Å²) in [6.45, 7) is 4.11. The van der Waals surface area contributed by atoms with E-state index in [1.54, 1.807) is 31.2 Å². The van der Waals surface area contributed by atoms with E-state index in [1.165, 1.54) is 5.38 Å². The van der Waals surface area contributed by atoms with Gasteiger partial charge < -0.3 is 15.4 Å². The standard InChI is InChI=1S/C27H33N5O6S2/c1-3-5-15-40(36,37)32-22(16-24(33)38-4-2)20-11-13-21(14-12-20)29-25(34)23-18-39-27(30-23)31-26(35)28-17-19-9-7-6-8-10-19/h6-14,18,22,32H,3-5,15-17H2,1-2H3,(H,29,34)(H2,28,30,31,35). The van der Waals surface area contributed by atoms with Crippen LogP contribution in [0.3, 0.4) is 0 Å². The number of benzene rings is 2. The van der Waals surface area contributed by atoms with Gasteiger partial charge >= 0.3 is 12.0 Å². The molecule has 11 nitrogen and oxygen atoms in total. The van der Waals surface area contributed by atoms with Crippen molar-refractivity contribution in [2.24, 2.45) is 0 Å². The number of ether oxygens (including phenoxy) is 1. The van der Waals surface area contributed by atoms with Crippen molar-refractivity contribution in [2.45, 2.75) is 45.7 Å². The molecule has 1 unspecified atom stereocenters. The van der Waals surface area contributed by atoms with Gasteiger partial charge in [0.05, 0.1) is 24.8 Å². The average Bonchev–Trinajstić information content (AvgIpc) is 3.40. The number of amides is 3. The maximum atomic E-state index is 12.7. The summed E-state index contributed by atoms with van der Waals surface area (Å²) in [6, 6.07) is 14.7. The molecule has 0 spiro atoms. The molecule has 0 aliphatic rings. The lowest BCUT2D eigenvalue weighted by Crippen LogP contribution is -2.32. The Bertz CT molecular complexity index is 1380. The Morgan fingerprint density at radius 2 is 1.73 bits per heavy atom. The summed E-state index contributed by atoms with van der Waals surface area (Å²) in [7, 11) is -3.61. The first-order chi connectivity index (χ1) is 19.2. The highest BCUT2D eigenvalue weighted by atomic mass is 32.2. The van der Waals surface area contributed by atoms with Crippen LogP contribution in [0.1, 0.15) is 60.8 Å². The minimum Gasteiger partial charge on any atom is -0.466 e. The molecule has 3 rings (SSSR count). The zero-order valence-corrected chi connectivity index (χ0v) is 23.9. The van der Waals surface area contributed by atoms with Crippen molar-refractivity contribution in [3.05, 3.63) is 76.8 Å². The largest absolute Gasteiger partial charge is 0.466 e. The third-order valence-electron chi connectivity index (χ3n) is 5.59. The normalized spacial score (nSPS) is 11.8. The van der Waals surface area contributed by atoms with Gasteiger partial charge in [0, 0.05) is 17.6 Å². The fourth-order valence-electron chi connectivity index (χ4n) is 3.57. The minimum atomic E-state index is -3.61. The minimum absolute atomic E-state index is 0.0455. The zero-order chi connectivity index (χ0) is 29.0. The highest BCUT2D eigenvalue weighted by Gasteiger charge is 2.23. The number of unbranched alkanes of at least 4 members (excludes halogenated alkanes) is 1. The van der Waals surface area contributed by atoms with Crippen LogP contribution in [0.2, 0.25) is 0 Å². The first-order valence-electron chi connectivity index (χ1n) is 12.8. The van der Waals surface area contributed by atoms with Gasteiger partial charge in [-0.3, -0.25) is 14.9 Å². The molecule has 13 heteroatoms. The van der Waals surface area contributed by atoms with Gasteiger partial charge in [0.2, 0.25) is 10.0 Å². The molecular weight excluding hydrogens is 554 g/mol. The molecule has 1 heterocycles. The Morgan fingerprint density at radius 3 is 2.40 bits per heavy atom. The van der Waals surface area contributed by atoms with Crippen molar-refractivity contribution >= 4 is 50.1 Å². The van der Waals surface area contributed by atoms with Crippen LogP contribution in [0, 0.1) is 0 Å². The second-order valence-electron chi connectivity index (χ2n) is 8.76. The van der Waals surface area contributed by atoms with Crippen molar-refractivity contribution in [1.29, 1.82) is 0 Å². The predicted molar refractivity (Wildman–Crippen MR) is 155 cm³/mol. The van der Waals surface area contributed by atoms with E-state index >= 15 is 0 Å². The monoisotopic (exact) mass is 587 g/mol. The molecule has 0 aliphatic carbocycles. The number of urea groups is 1. The molecule has 0 radical (unpaired) electrons. The van der Waals surface area contributed by atoms with Gasteiger partial charge in [0.1, 0.15) is 5.69 Å². The Balaban J connectivity index is 1.59. The Morgan fingerprint density at radius 1 is 1.00 bits per heavy atom. The Labute approximate surface area is 237 Å². The Hall–Kier alpha value is -3.81. The number of rotatable bonds is 14. The van der Waals surface area contributed by atoms with Crippen LogP contribution in [-0.4, -0.2) is 43.7 Å². The summed E-state index contributed by atoms with van der Waals surface area (Å²) in [5.41, 5.74) is 2.06. The first-order valence-corrected chi connectivity index (χ1v) is 15.3. The summed E-state index contributed by atoms with van der Waals surface area (Å²) < 4.78 is 32.6. The van der Waals surface area contributed by atoms with Crippen LogP contribution in [0.25, 0.3) is 0 Å². The number of carbonyl (C=O) groups excluding carboxylic acids is 3.